The van der Waals surface area contributed by atoms with Gasteiger partial charge in [0.05, 0.1) is 35.9 Å². The zero-order valence-electron chi connectivity index (χ0n) is 30.0. The summed E-state index contributed by atoms with van der Waals surface area (Å²) in [5, 5.41) is 22.0. The third-order valence-electron chi connectivity index (χ3n) is 8.88. The molecule has 2 aliphatic heterocycles. The van der Waals surface area contributed by atoms with Crippen LogP contribution < -0.4 is 25.6 Å². The zero-order chi connectivity index (χ0) is 36.1. The molecule has 0 spiro atoms. The molecule has 5 heterocycles. The molecule has 0 bridgehead atoms. The number of methoxy groups -OCH3 is 1. The number of hydrogen-bond donors (Lipinski definition) is 3. The van der Waals surface area contributed by atoms with Crippen LogP contribution in [0.25, 0.3) is 11.4 Å². The lowest BCUT2D eigenvalue weighted by Gasteiger charge is -2.43. The van der Waals surface area contributed by atoms with Gasteiger partial charge < -0.3 is 35.2 Å². The number of hydrogen-bond acceptors (Lipinski definition) is 13. The summed E-state index contributed by atoms with van der Waals surface area (Å²) >= 11 is 0. The van der Waals surface area contributed by atoms with Crippen molar-refractivity contribution in [2.24, 2.45) is 7.05 Å². The predicted octanol–water partition coefficient (Wildman–Crippen LogP) is 4.04. The van der Waals surface area contributed by atoms with E-state index >= 15 is 0 Å². The third-order valence-corrected chi connectivity index (χ3v) is 8.88. The first kappa shape index (κ1) is 35.3. The van der Waals surface area contributed by atoms with Crippen LogP contribution in [0.5, 0.6) is 5.75 Å². The second-order valence-electron chi connectivity index (χ2n) is 13.6. The van der Waals surface area contributed by atoms with E-state index in [9.17, 15) is 9.59 Å². The van der Waals surface area contributed by atoms with E-state index in [0.717, 1.165) is 57.8 Å². The van der Waals surface area contributed by atoms with E-state index in [0.29, 0.717) is 46.2 Å². The molecule has 3 aromatic heterocycles. The number of piperazine rings is 1. The molecule has 2 amide bonds. The number of pyridine rings is 1. The molecule has 3 N–H and O–H groups in total. The number of aromatic nitrogens is 6. The number of para-hydroxylation sites is 1. The summed E-state index contributed by atoms with van der Waals surface area (Å²) in [6.07, 6.45) is 5.15. The number of benzene rings is 1. The van der Waals surface area contributed by atoms with Crippen LogP contribution in [0.15, 0.2) is 48.9 Å². The van der Waals surface area contributed by atoms with Gasteiger partial charge in [0, 0.05) is 65.5 Å². The van der Waals surface area contributed by atoms with Crippen molar-refractivity contribution in [1.29, 1.82) is 0 Å². The molecule has 0 atom stereocenters. The number of carbonyl (C=O) groups is 2. The first-order valence-electron chi connectivity index (χ1n) is 17.1. The van der Waals surface area contributed by atoms with Gasteiger partial charge in [0.15, 0.2) is 23.1 Å². The molecule has 4 aromatic rings. The summed E-state index contributed by atoms with van der Waals surface area (Å²) in [5.41, 5.74) is 2.38. The number of rotatable bonds is 9. The summed E-state index contributed by atoms with van der Waals surface area (Å²) in [5.74, 6) is 1.61. The molecule has 6 rings (SSSR count). The highest BCUT2D eigenvalue weighted by molar-refractivity contribution is 5.99. The maximum atomic E-state index is 12.7. The number of nitrogens with zero attached hydrogens (tertiary/aromatic N) is 9. The van der Waals surface area contributed by atoms with E-state index < -0.39 is 11.5 Å². The van der Waals surface area contributed by atoms with Crippen LogP contribution >= 0.6 is 0 Å². The van der Waals surface area contributed by atoms with Gasteiger partial charge in [-0.25, -0.2) is 14.8 Å². The van der Waals surface area contributed by atoms with Crippen LogP contribution in [0.2, 0.25) is 0 Å². The molecular weight excluding hydrogens is 652 g/mol. The topological polar surface area (TPSA) is 168 Å². The molecule has 0 unspecified atom stereocenters. The number of piperidine rings is 1. The molecule has 2 fully saturated rings. The van der Waals surface area contributed by atoms with Gasteiger partial charge in [-0.15, -0.1) is 10.2 Å². The van der Waals surface area contributed by atoms with E-state index in [1.165, 1.54) is 7.05 Å². The Kier molecular flexibility index (Phi) is 10.5. The highest BCUT2D eigenvalue weighted by Crippen LogP contribution is 2.37. The summed E-state index contributed by atoms with van der Waals surface area (Å²) in [6, 6.07) is 11.7. The van der Waals surface area contributed by atoms with Crippen LogP contribution in [-0.2, 0) is 11.8 Å². The Balaban J connectivity index is 1.08. The van der Waals surface area contributed by atoms with Gasteiger partial charge in [-0.1, -0.05) is 6.07 Å². The molecule has 51 heavy (non-hydrogen) atoms. The molecule has 270 valence electrons. The monoisotopic (exact) mass is 698 g/mol. The van der Waals surface area contributed by atoms with Gasteiger partial charge in [0.1, 0.15) is 17.7 Å². The van der Waals surface area contributed by atoms with Crippen molar-refractivity contribution in [2.75, 3.05) is 69.0 Å². The van der Waals surface area contributed by atoms with Crippen molar-refractivity contribution < 1.29 is 19.1 Å². The van der Waals surface area contributed by atoms with Crippen LogP contribution in [0, 0.1) is 0 Å². The Hall–Kier alpha value is -5.51. The molecule has 16 nitrogen and oxygen atoms in total. The van der Waals surface area contributed by atoms with Crippen molar-refractivity contribution in [3.05, 3.63) is 54.6 Å². The third kappa shape index (κ3) is 8.45. The maximum absolute atomic E-state index is 12.7. The Morgan fingerprint density at radius 3 is 2.29 bits per heavy atom. The Labute approximate surface area is 297 Å². The van der Waals surface area contributed by atoms with Crippen LogP contribution in [0.1, 0.15) is 44.1 Å². The van der Waals surface area contributed by atoms with Gasteiger partial charge in [0.2, 0.25) is 0 Å². The average molecular weight is 699 g/mol. The molecule has 1 aromatic carbocycles. The van der Waals surface area contributed by atoms with Crippen molar-refractivity contribution in [3.63, 3.8) is 0 Å². The average Bonchev–Trinajstić information content (AvgIpc) is 3.57. The van der Waals surface area contributed by atoms with E-state index in [-0.39, 0.29) is 11.8 Å². The predicted molar refractivity (Wildman–Crippen MR) is 194 cm³/mol. The number of carbonyl (C=O) groups excluding carboxylic acids is 2. The normalized spacial score (nSPS) is 15.7. The van der Waals surface area contributed by atoms with Gasteiger partial charge in [-0.05, 0) is 57.9 Å². The number of aryl methyl sites for hydroxylation is 1. The van der Waals surface area contributed by atoms with Crippen molar-refractivity contribution >= 4 is 40.7 Å². The Bertz CT molecular complexity index is 1830. The number of nitrogens with one attached hydrogen (secondary N) is 3. The van der Waals surface area contributed by atoms with Crippen LogP contribution in [0.4, 0.5) is 33.5 Å². The van der Waals surface area contributed by atoms with E-state index in [4.69, 9.17) is 9.47 Å². The van der Waals surface area contributed by atoms with Crippen molar-refractivity contribution in [3.8, 4) is 17.1 Å². The quantitative estimate of drug-likeness (QED) is 0.229. The zero-order valence-corrected chi connectivity index (χ0v) is 30.0. The van der Waals surface area contributed by atoms with E-state index in [1.807, 2.05) is 62.2 Å². The highest BCUT2D eigenvalue weighted by Gasteiger charge is 2.31. The first-order valence-corrected chi connectivity index (χ1v) is 17.1. The molecule has 0 aliphatic carbocycles. The Morgan fingerprint density at radius 2 is 1.67 bits per heavy atom. The summed E-state index contributed by atoms with van der Waals surface area (Å²) in [6.45, 7) is 10.8. The fourth-order valence-corrected chi connectivity index (χ4v) is 6.34. The standard InChI is InChI=1S/C35H46N12O4/c1-35(2,3)51-34(49)47-14-12-23(13-15-47)45-16-18-46(19-17-45)24-10-11-28(37-21-24)40-29-20-27(30(42-41-29)33(48)36-4)39-26-9-7-8-25(31(26)50-6)32-38-22-44(5)43-32/h7-11,20-23H,12-19H2,1-6H3,(H,36,48)(H2,37,39,40,41). The minimum Gasteiger partial charge on any atom is -0.494 e. The first-order chi connectivity index (χ1) is 24.5. The van der Waals surface area contributed by atoms with E-state index in [2.05, 4.69) is 51.0 Å². The lowest BCUT2D eigenvalue weighted by atomic mass is 10.0. The van der Waals surface area contributed by atoms with Gasteiger partial charge >= 0.3 is 6.09 Å². The molecule has 2 aliphatic rings. The number of amides is 2. The lowest BCUT2D eigenvalue weighted by Crippen LogP contribution is -2.54. The minimum absolute atomic E-state index is 0.113. The summed E-state index contributed by atoms with van der Waals surface area (Å²) < 4.78 is 12.9. The van der Waals surface area contributed by atoms with Crippen LogP contribution in [0.3, 0.4) is 0 Å². The van der Waals surface area contributed by atoms with Crippen molar-refractivity contribution in [1.82, 2.24) is 45.1 Å². The smallest absolute Gasteiger partial charge is 0.410 e. The van der Waals surface area contributed by atoms with Gasteiger partial charge in [-0.3, -0.25) is 14.4 Å². The minimum atomic E-state index is -0.482. The fourth-order valence-electron chi connectivity index (χ4n) is 6.34. The molecule has 16 heteroatoms. The maximum Gasteiger partial charge on any atom is 0.410 e. The largest absolute Gasteiger partial charge is 0.494 e. The Morgan fingerprint density at radius 1 is 0.902 bits per heavy atom. The number of anilines is 5. The molecule has 0 radical (unpaired) electrons. The summed E-state index contributed by atoms with van der Waals surface area (Å²) in [7, 11) is 4.90. The summed E-state index contributed by atoms with van der Waals surface area (Å²) in [4.78, 5) is 40.9. The highest BCUT2D eigenvalue weighted by atomic mass is 16.6. The fraction of sp³-hybridized carbons (Fsp3) is 0.457. The van der Waals surface area contributed by atoms with Gasteiger partial charge in [0.25, 0.3) is 5.91 Å². The van der Waals surface area contributed by atoms with Crippen LogP contribution in [-0.4, -0.2) is 117 Å². The SMILES string of the molecule is CNC(=O)c1nnc(Nc2ccc(N3CCN(C4CCN(C(=O)OC(C)(C)C)CC4)CC3)cn2)cc1Nc1cccc(-c2ncn(C)n2)c1OC. The lowest BCUT2D eigenvalue weighted by molar-refractivity contribution is 0.0140. The second-order valence-corrected chi connectivity index (χ2v) is 13.6. The number of ether oxygens (including phenoxy) is 2. The number of likely N-dealkylation sites (tertiary alicyclic amines) is 1. The van der Waals surface area contributed by atoms with E-state index in [1.54, 1.807) is 31.2 Å². The van der Waals surface area contributed by atoms with Gasteiger partial charge in [-0.2, -0.15) is 5.10 Å². The second kappa shape index (κ2) is 15.2. The molecular formula is C35H46N12O4. The molecule has 0 saturated carbocycles. The van der Waals surface area contributed by atoms with Crippen molar-refractivity contribution in [2.45, 2.75) is 45.3 Å². The molecule has 2 saturated heterocycles.